The summed E-state index contributed by atoms with van der Waals surface area (Å²) in [5.74, 6) is 1.86. The molecule has 0 unspecified atom stereocenters. The Bertz CT molecular complexity index is 827. The van der Waals surface area contributed by atoms with Crippen molar-refractivity contribution in [2.75, 3.05) is 39.9 Å². The second-order valence-corrected chi connectivity index (χ2v) is 6.52. The fraction of sp³-hybridized carbons (Fsp3) is 0.500. The molecule has 10 heteroatoms. The van der Waals surface area contributed by atoms with Crippen LogP contribution < -0.4 is 9.47 Å². The summed E-state index contributed by atoms with van der Waals surface area (Å²) >= 11 is 5.25. The topological polar surface area (TPSA) is 82.2 Å². The van der Waals surface area contributed by atoms with Crippen molar-refractivity contribution in [2.45, 2.75) is 20.2 Å². The van der Waals surface area contributed by atoms with Gasteiger partial charge in [0.05, 0.1) is 20.4 Å². The molecular weight excluding hydrogens is 384 g/mol. The number of rotatable bonds is 7. The summed E-state index contributed by atoms with van der Waals surface area (Å²) in [5, 5.41) is 4.39. The highest BCUT2D eigenvalue weighted by Crippen LogP contribution is 2.18. The maximum absolute atomic E-state index is 11.8. The van der Waals surface area contributed by atoms with Gasteiger partial charge in [-0.15, -0.1) is 5.10 Å². The molecule has 1 saturated heterocycles. The zero-order valence-corrected chi connectivity index (χ0v) is 16.8. The van der Waals surface area contributed by atoms with E-state index in [9.17, 15) is 4.79 Å². The van der Waals surface area contributed by atoms with Crippen LogP contribution in [-0.4, -0.2) is 65.6 Å². The largest absolute Gasteiger partial charge is 0.497 e. The number of carbonyl (C=O) groups excluding carboxylic acids is 1. The highest BCUT2D eigenvalue weighted by molar-refractivity contribution is 7.71. The van der Waals surface area contributed by atoms with E-state index in [0.717, 1.165) is 5.75 Å². The second-order valence-electron chi connectivity index (χ2n) is 6.17. The van der Waals surface area contributed by atoms with Crippen LogP contribution in [0.4, 0.5) is 4.79 Å². The number of ether oxygens (including phenoxy) is 3. The number of piperazine rings is 1. The average molecular weight is 408 g/mol. The molecule has 2 aromatic rings. The van der Waals surface area contributed by atoms with Gasteiger partial charge in [0.1, 0.15) is 11.5 Å². The summed E-state index contributed by atoms with van der Waals surface area (Å²) in [6.07, 6.45) is -0.266. The maximum atomic E-state index is 11.8. The molecule has 0 bridgehead atoms. The lowest BCUT2D eigenvalue weighted by Gasteiger charge is -2.33. The minimum atomic E-state index is -0.266. The van der Waals surface area contributed by atoms with E-state index in [2.05, 4.69) is 10.00 Å². The van der Waals surface area contributed by atoms with Gasteiger partial charge < -0.3 is 23.5 Å². The minimum absolute atomic E-state index is 0.180. The van der Waals surface area contributed by atoms with E-state index in [1.54, 1.807) is 23.6 Å². The normalized spacial score (nSPS) is 14.7. The summed E-state index contributed by atoms with van der Waals surface area (Å²) in [7, 11) is 1.61. The third-order valence-electron chi connectivity index (χ3n) is 4.30. The van der Waals surface area contributed by atoms with Gasteiger partial charge in [0, 0.05) is 26.2 Å². The van der Waals surface area contributed by atoms with Crippen molar-refractivity contribution in [3.05, 3.63) is 35.0 Å². The van der Waals surface area contributed by atoms with Crippen molar-refractivity contribution in [1.29, 1.82) is 0 Å². The van der Waals surface area contributed by atoms with Crippen molar-refractivity contribution in [3.63, 3.8) is 0 Å². The van der Waals surface area contributed by atoms with E-state index < -0.39 is 0 Å². The molecular formula is C18H24N4O5S. The molecule has 0 spiro atoms. The van der Waals surface area contributed by atoms with Gasteiger partial charge in [0.25, 0.3) is 10.7 Å². The first-order valence-electron chi connectivity index (χ1n) is 9.06. The Morgan fingerprint density at radius 3 is 2.50 bits per heavy atom. The summed E-state index contributed by atoms with van der Waals surface area (Å²) in [6, 6.07) is 7.26. The van der Waals surface area contributed by atoms with Crippen molar-refractivity contribution < 1.29 is 23.4 Å². The lowest BCUT2D eigenvalue weighted by atomic mass is 10.3. The standard InChI is InChI=1S/C18H24N4O5S/c1-3-25-17(23)21-10-8-20(9-11-21)13-22-18(28)27-16(19-22)12-26-15-6-4-14(24-2)5-7-15/h4-7H,3,8-13H2,1-2H3. The number of methoxy groups -OCH3 is 1. The number of amides is 1. The fourth-order valence-electron chi connectivity index (χ4n) is 2.79. The van der Waals surface area contributed by atoms with E-state index in [-0.39, 0.29) is 12.7 Å². The van der Waals surface area contributed by atoms with Gasteiger partial charge in [-0.05, 0) is 43.4 Å². The maximum Gasteiger partial charge on any atom is 0.409 e. The molecule has 1 amide bonds. The van der Waals surface area contributed by atoms with E-state index in [4.69, 9.17) is 30.8 Å². The van der Waals surface area contributed by atoms with Crippen LogP contribution in [0, 0.1) is 4.84 Å². The molecule has 1 aliphatic heterocycles. The van der Waals surface area contributed by atoms with E-state index >= 15 is 0 Å². The predicted octanol–water partition coefficient (Wildman–Crippen LogP) is 2.52. The lowest BCUT2D eigenvalue weighted by molar-refractivity contribution is 0.0687. The zero-order valence-electron chi connectivity index (χ0n) is 16.0. The smallest absolute Gasteiger partial charge is 0.409 e. The Hall–Kier alpha value is -2.59. The first-order valence-corrected chi connectivity index (χ1v) is 9.47. The van der Waals surface area contributed by atoms with Crippen LogP contribution in [0.15, 0.2) is 28.7 Å². The average Bonchev–Trinajstić information content (AvgIpc) is 3.07. The first-order chi connectivity index (χ1) is 13.6. The molecule has 2 heterocycles. The fourth-order valence-corrected chi connectivity index (χ4v) is 2.98. The number of carbonyl (C=O) groups is 1. The molecule has 1 fully saturated rings. The Balaban J connectivity index is 1.50. The summed E-state index contributed by atoms with van der Waals surface area (Å²) in [4.78, 5) is 15.9. The Labute approximate surface area is 168 Å². The quantitative estimate of drug-likeness (QED) is 0.647. The third-order valence-corrected chi connectivity index (χ3v) is 4.60. The molecule has 1 aromatic carbocycles. The number of hydrogen-bond acceptors (Lipinski definition) is 8. The van der Waals surface area contributed by atoms with Crippen molar-refractivity contribution in [1.82, 2.24) is 19.6 Å². The molecule has 9 nitrogen and oxygen atoms in total. The Morgan fingerprint density at radius 2 is 1.86 bits per heavy atom. The highest BCUT2D eigenvalue weighted by atomic mass is 32.1. The minimum Gasteiger partial charge on any atom is -0.497 e. The van der Waals surface area contributed by atoms with Gasteiger partial charge >= 0.3 is 6.09 Å². The molecule has 3 rings (SSSR count). The summed E-state index contributed by atoms with van der Waals surface area (Å²) in [5.41, 5.74) is 0. The molecule has 152 valence electrons. The molecule has 0 aliphatic carbocycles. The molecule has 0 radical (unpaired) electrons. The summed E-state index contributed by atoms with van der Waals surface area (Å²) < 4.78 is 23.0. The van der Waals surface area contributed by atoms with E-state index in [1.165, 1.54) is 0 Å². The number of hydrogen-bond donors (Lipinski definition) is 0. The van der Waals surface area contributed by atoms with Crippen LogP contribution in [0.1, 0.15) is 12.8 Å². The molecule has 0 saturated carbocycles. The van der Waals surface area contributed by atoms with Gasteiger partial charge in [-0.1, -0.05) is 0 Å². The monoisotopic (exact) mass is 408 g/mol. The van der Waals surface area contributed by atoms with Crippen LogP contribution in [0.3, 0.4) is 0 Å². The zero-order chi connectivity index (χ0) is 19.9. The van der Waals surface area contributed by atoms with E-state index in [0.29, 0.717) is 55.9 Å². The summed E-state index contributed by atoms with van der Waals surface area (Å²) in [6.45, 7) is 5.51. The van der Waals surface area contributed by atoms with Crippen LogP contribution in [-0.2, 0) is 18.0 Å². The van der Waals surface area contributed by atoms with Crippen LogP contribution in [0.25, 0.3) is 0 Å². The Morgan fingerprint density at radius 1 is 1.18 bits per heavy atom. The lowest BCUT2D eigenvalue weighted by Crippen LogP contribution is -2.49. The number of benzene rings is 1. The van der Waals surface area contributed by atoms with Gasteiger partial charge in [0.2, 0.25) is 0 Å². The number of nitrogens with zero attached hydrogens (tertiary/aromatic N) is 4. The van der Waals surface area contributed by atoms with Gasteiger partial charge in [0.15, 0.2) is 6.61 Å². The molecule has 1 aliphatic rings. The van der Waals surface area contributed by atoms with E-state index in [1.807, 2.05) is 24.3 Å². The van der Waals surface area contributed by atoms with Gasteiger partial charge in [-0.2, -0.15) is 0 Å². The molecule has 0 N–H and O–H groups in total. The SMILES string of the molecule is CCOC(=O)N1CCN(Cn2nc(COc3ccc(OC)cc3)oc2=S)CC1. The Kier molecular flexibility index (Phi) is 6.88. The van der Waals surface area contributed by atoms with Crippen LogP contribution >= 0.6 is 12.2 Å². The van der Waals surface area contributed by atoms with Gasteiger partial charge in [-0.25, -0.2) is 9.48 Å². The van der Waals surface area contributed by atoms with Crippen LogP contribution in [0.5, 0.6) is 11.5 Å². The van der Waals surface area contributed by atoms with Crippen molar-refractivity contribution in [3.8, 4) is 11.5 Å². The second kappa shape index (κ2) is 9.56. The molecule has 28 heavy (non-hydrogen) atoms. The molecule has 1 aromatic heterocycles. The highest BCUT2D eigenvalue weighted by Gasteiger charge is 2.22. The van der Waals surface area contributed by atoms with Crippen LogP contribution in [0.2, 0.25) is 0 Å². The predicted molar refractivity (Wildman–Crippen MR) is 103 cm³/mol. The first kappa shape index (κ1) is 20.2. The van der Waals surface area contributed by atoms with Crippen molar-refractivity contribution >= 4 is 18.3 Å². The van der Waals surface area contributed by atoms with Crippen molar-refractivity contribution in [2.24, 2.45) is 0 Å². The molecule has 0 atom stereocenters. The van der Waals surface area contributed by atoms with Gasteiger partial charge in [-0.3, -0.25) is 4.90 Å². The number of aromatic nitrogens is 2. The third kappa shape index (κ3) is 5.23.